The molecule has 0 fully saturated rings. The normalized spacial score (nSPS) is 10.1. The Hall–Kier alpha value is -3.15. The van der Waals surface area contributed by atoms with Crippen molar-refractivity contribution in [1.29, 1.82) is 0 Å². The molecule has 0 heterocycles. The van der Waals surface area contributed by atoms with Gasteiger partial charge in [-0.1, -0.05) is 30.3 Å². The topological polar surface area (TPSA) is 78.5 Å². The van der Waals surface area contributed by atoms with Crippen LogP contribution in [0.5, 0.6) is 0 Å². The van der Waals surface area contributed by atoms with E-state index in [0.717, 1.165) is 0 Å². The molecule has 6 heteroatoms. The number of carbonyl (C=O) groups is 3. The van der Waals surface area contributed by atoms with Gasteiger partial charge in [-0.2, -0.15) is 0 Å². The van der Waals surface area contributed by atoms with E-state index in [1.54, 1.807) is 62.6 Å². The predicted molar refractivity (Wildman–Crippen MR) is 101 cm³/mol. The Bertz CT molecular complexity index is 773. The van der Waals surface area contributed by atoms with Gasteiger partial charge in [-0.05, 0) is 30.7 Å². The first-order valence-electron chi connectivity index (χ1n) is 8.43. The number of hydrogen-bond acceptors (Lipinski definition) is 3. The molecule has 2 rings (SSSR count). The summed E-state index contributed by atoms with van der Waals surface area (Å²) in [6.07, 6.45) is 0.758. The molecule has 3 amide bonds. The molecule has 0 aromatic heterocycles. The lowest BCUT2D eigenvalue weighted by molar-refractivity contribution is -0.116. The van der Waals surface area contributed by atoms with Crippen LogP contribution in [-0.2, 0) is 4.79 Å². The number of rotatable bonds is 7. The monoisotopic (exact) mass is 353 g/mol. The van der Waals surface area contributed by atoms with Gasteiger partial charge in [-0.15, -0.1) is 0 Å². The number of hydrogen-bond donors (Lipinski definition) is 2. The van der Waals surface area contributed by atoms with Crippen molar-refractivity contribution < 1.29 is 14.4 Å². The second-order valence-corrected chi connectivity index (χ2v) is 6.02. The lowest BCUT2D eigenvalue weighted by Gasteiger charge is -2.14. The Labute approximate surface area is 153 Å². The van der Waals surface area contributed by atoms with E-state index in [-0.39, 0.29) is 24.1 Å². The first kappa shape index (κ1) is 19.2. The molecule has 0 spiro atoms. The highest BCUT2D eigenvalue weighted by Crippen LogP contribution is 2.16. The molecule has 136 valence electrons. The summed E-state index contributed by atoms with van der Waals surface area (Å²) in [6.45, 7) is 0.402. The Morgan fingerprint density at radius 2 is 1.58 bits per heavy atom. The number of carbonyl (C=O) groups excluding carboxylic acids is 3. The third-order valence-electron chi connectivity index (χ3n) is 3.74. The van der Waals surface area contributed by atoms with Gasteiger partial charge in [-0.25, -0.2) is 0 Å². The average molecular weight is 353 g/mol. The van der Waals surface area contributed by atoms with Crippen LogP contribution in [0.25, 0.3) is 0 Å². The maximum absolute atomic E-state index is 12.1. The van der Waals surface area contributed by atoms with E-state index < -0.39 is 0 Å². The Kier molecular flexibility index (Phi) is 6.91. The summed E-state index contributed by atoms with van der Waals surface area (Å²) in [5.41, 5.74) is 1.53. The molecule has 0 aliphatic heterocycles. The highest BCUT2D eigenvalue weighted by Gasteiger charge is 2.14. The van der Waals surface area contributed by atoms with Crippen LogP contribution in [0.15, 0.2) is 54.6 Å². The standard InChI is InChI=1S/C20H23N3O3/c1-23(2)20(26)16-11-6-7-12-17(16)22-18(24)13-8-14-21-19(25)15-9-4-3-5-10-15/h3-7,9-12H,8,13-14H2,1-2H3,(H,21,25)(H,22,24). The zero-order valence-corrected chi connectivity index (χ0v) is 15.0. The van der Waals surface area contributed by atoms with Gasteiger partial charge in [0.25, 0.3) is 11.8 Å². The van der Waals surface area contributed by atoms with Crippen LogP contribution < -0.4 is 10.6 Å². The highest BCUT2D eigenvalue weighted by molar-refractivity contribution is 6.03. The summed E-state index contributed by atoms with van der Waals surface area (Å²) >= 11 is 0. The number of nitrogens with one attached hydrogen (secondary N) is 2. The fourth-order valence-electron chi connectivity index (χ4n) is 2.37. The zero-order chi connectivity index (χ0) is 18.9. The summed E-state index contributed by atoms with van der Waals surface area (Å²) < 4.78 is 0. The van der Waals surface area contributed by atoms with E-state index in [1.165, 1.54) is 4.90 Å². The molecule has 0 radical (unpaired) electrons. The van der Waals surface area contributed by atoms with Crippen LogP contribution in [-0.4, -0.2) is 43.3 Å². The predicted octanol–water partition coefficient (Wildman–Crippen LogP) is 2.54. The van der Waals surface area contributed by atoms with E-state index in [0.29, 0.717) is 29.8 Å². The second kappa shape index (κ2) is 9.36. The molecule has 0 saturated carbocycles. The molecule has 0 unspecified atom stereocenters. The third-order valence-corrected chi connectivity index (χ3v) is 3.74. The molecule has 2 aromatic carbocycles. The van der Waals surface area contributed by atoms with Crippen molar-refractivity contribution in [3.8, 4) is 0 Å². The first-order chi connectivity index (χ1) is 12.5. The Morgan fingerprint density at radius 1 is 0.923 bits per heavy atom. The molecule has 0 aliphatic carbocycles. The van der Waals surface area contributed by atoms with E-state index in [4.69, 9.17) is 0 Å². The van der Waals surface area contributed by atoms with Crippen LogP contribution in [0.2, 0.25) is 0 Å². The van der Waals surface area contributed by atoms with E-state index in [1.807, 2.05) is 6.07 Å². The van der Waals surface area contributed by atoms with Gasteiger partial charge in [0.05, 0.1) is 11.3 Å². The molecular weight excluding hydrogens is 330 g/mol. The highest BCUT2D eigenvalue weighted by atomic mass is 16.2. The van der Waals surface area contributed by atoms with Crippen LogP contribution >= 0.6 is 0 Å². The van der Waals surface area contributed by atoms with E-state index in [9.17, 15) is 14.4 Å². The van der Waals surface area contributed by atoms with Crippen molar-refractivity contribution in [3.05, 3.63) is 65.7 Å². The molecule has 2 N–H and O–H groups in total. The molecule has 6 nitrogen and oxygen atoms in total. The minimum Gasteiger partial charge on any atom is -0.352 e. The Balaban J connectivity index is 1.81. The average Bonchev–Trinajstić information content (AvgIpc) is 2.65. The fourth-order valence-corrected chi connectivity index (χ4v) is 2.37. The molecule has 0 aliphatic rings. The van der Waals surface area contributed by atoms with Crippen molar-refractivity contribution in [1.82, 2.24) is 10.2 Å². The maximum Gasteiger partial charge on any atom is 0.255 e. The van der Waals surface area contributed by atoms with Crippen LogP contribution in [0, 0.1) is 0 Å². The van der Waals surface area contributed by atoms with E-state index in [2.05, 4.69) is 10.6 Å². The van der Waals surface area contributed by atoms with Gasteiger partial charge < -0.3 is 15.5 Å². The van der Waals surface area contributed by atoms with Crippen molar-refractivity contribution in [2.75, 3.05) is 26.0 Å². The van der Waals surface area contributed by atoms with Gasteiger partial charge in [0, 0.05) is 32.6 Å². The minimum atomic E-state index is -0.196. The van der Waals surface area contributed by atoms with Gasteiger partial charge in [0.1, 0.15) is 0 Å². The molecule has 26 heavy (non-hydrogen) atoms. The van der Waals surface area contributed by atoms with Gasteiger partial charge >= 0.3 is 0 Å². The minimum absolute atomic E-state index is 0.159. The van der Waals surface area contributed by atoms with Crippen molar-refractivity contribution in [3.63, 3.8) is 0 Å². The third kappa shape index (κ3) is 5.44. The molecular formula is C20H23N3O3. The molecule has 0 saturated heterocycles. The molecule has 0 atom stereocenters. The number of benzene rings is 2. The van der Waals surface area contributed by atoms with Crippen LogP contribution in [0.4, 0.5) is 5.69 Å². The lowest BCUT2D eigenvalue weighted by atomic mass is 10.1. The van der Waals surface area contributed by atoms with Crippen LogP contribution in [0.3, 0.4) is 0 Å². The first-order valence-corrected chi connectivity index (χ1v) is 8.43. The van der Waals surface area contributed by atoms with Gasteiger partial charge in [-0.3, -0.25) is 14.4 Å². The van der Waals surface area contributed by atoms with Crippen molar-refractivity contribution >= 4 is 23.4 Å². The number of nitrogens with zero attached hydrogens (tertiary/aromatic N) is 1. The van der Waals surface area contributed by atoms with Crippen molar-refractivity contribution in [2.24, 2.45) is 0 Å². The number of amides is 3. The Morgan fingerprint density at radius 3 is 2.27 bits per heavy atom. The quantitative estimate of drug-likeness (QED) is 0.751. The zero-order valence-electron chi connectivity index (χ0n) is 15.0. The van der Waals surface area contributed by atoms with Crippen molar-refractivity contribution in [2.45, 2.75) is 12.8 Å². The van der Waals surface area contributed by atoms with Gasteiger partial charge in [0.15, 0.2) is 0 Å². The number of para-hydroxylation sites is 1. The fraction of sp³-hybridized carbons (Fsp3) is 0.250. The summed E-state index contributed by atoms with van der Waals surface area (Å²) in [7, 11) is 3.33. The molecule has 2 aromatic rings. The lowest BCUT2D eigenvalue weighted by Crippen LogP contribution is -2.26. The largest absolute Gasteiger partial charge is 0.352 e. The summed E-state index contributed by atoms with van der Waals surface area (Å²) in [4.78, 5) is 37.6. The summed E-state index contributed by atoms with van der Waals surface area (Å²) in [5, 5.41) is 5.55. The molecule has 0 bridgehead atoms. The van der Waals surface area contributed by atoms with Crippen LogP contribution in [0.1, 0.15) is 33.6 Å². The summed E-state index contributed by atoms with van der Waals surface area (Å²) in [5.74, 6) is -0.526. The number of anilines is 1. The summed E-state index contributed by atoms with van der Waals surface area (Å²) in [6, 6.07) is 15.8. The maximum atomic E-state index is 12.1. The smallest absolute Gasteiger partial charge is 0.255 e. The second-order valence-electron chi connectivity index (χ2n) is 6.02. The van der Waals surface area contributed by atoms with E-state index >= 15 is 0 Å². The van der Waals surface area contributed by atoms with Gasteiger partial charge in [0.2, 0.25) is 5.91 Å². The SMILES string of the molecule is CN(C)C(=O)c1ccccc1NC(=O)CCCNC(=O)c1ccccc1.